The molecule has 1 aromatic heterocycles. The fourth-order valence-corrected chi connectivity index (χ4v) is 2.79. The molecule has 2 aliphatic heterocycles. The number of hydrogen-bond donors (Lipinski definition) is 2. The number of amides is 1. The molecule has 2 fully saturated rings. The molecular weight excluding hydrogens is 304 g/mol. The minimum atomic E-state index is -0.0283. The van der Waals surface area contributed by atoms with Crippen molar-refractivity contribution in [1.82, 2.24) is 10.3 Å². The van der Waals surface area contributed by atoms with Gasteiger partial charge in [-0.2, -0.15) is 0 Å². The van der Waals surface area contributed by atoms with E-state index in [9.17, 15) is 4.79 Å². The first-order chi connectivity index (χ1) is 10.3. The van der Waals surface area contributed by atoms with Crippen LogP contribution >= 0.6 is 12.4 Å². The zero-order chi connectivity index (χ0) is 14.5. The predicted molar refractivity (Wildman–Crippen MR) is 88.8 cm³/mol. The van der Waals surface area contributed by atoms with E-state index in [0.717, 1.165) is 31.9 Å². The number of rotatable bonds is 4. The molecule has 6 nitrogen and oxygen atoms in total. The van der Waals surface area contributed by atoms with Crippen molar-refractivity contribution in [3.8, 4) is 0 Å². The quantitative estimate of drug-likeness (QED) is 0.876. The molecule has 0 spiro atoms. The third-order valence-electron chi connectivity index (χ3n) is 3.92. The first-order valence-electron chi connectivity index (χ1n) is 7.63. The third kappa shape index (κ3) is 4.56. The molecule has 1 amide bonds. The lowest BCUT2D eigenvalue weighted by Crippen LogP contribution is -2.43. The molecule has 2 saturated heterocycles. The number of nitrogens with zero attached hydrogens (tertiary/aromatic N) is 2. The van der Waals surface area contributed by atoms with E-state index in [1.54, 1.807) is 0 Å². The van der Waals surface area contributed by atoms with Crippen LogP contribution in [-0.4, -0.2) is 49.8 Å². The van der Waals surface area contributed by atoms with E-state index in [-0.39, 0.29) is 24.4 Å². The van der Waals surface area contributed by atoms with Crippen molar-refractivity contribution in [2.24, 2.45) is 0 Å². The van der Waals surface area contributed by atoms with Gasteiger partial charge in [0, 0.05) is 32.1 Å². The molecule has 0 aromatic carbocycles. The highest BCUT2D eigenvalue weighted by Crippen LogP contribution is 2.20. The van der Waals surface area contributed by atoms with Gasteiger partial charge in [-0.3, -0.25) is 4.79 Å². The lowest BCUT2D eigenvalue weighted by atomic mass is 10.2. The fraction of sp³-hybridized carbons (Fsp3) is 0.600. The van der Waals surface area contributed by atoms with Crippen LogP contribution in [0.5, 0.6) is 0 Å². The normalized spacial score (nSPS) is 21.3. The Kier molecular flexibility index (Phi) is 6.42. The Hall–Kier alpha value is -1.37. The van der Waals surface area contributed by atoms with Crippen LogP contribution in [0.4, 0.5) is 11.5 Å². The van der Waals surface area contributed by atoms with Gasteiger partial charge in [0.05, 0.1) is 25.1 Å². The van der Waals surface area contributed by atoms with E-state index in [4.69, 9.17) is 4.74 Å². The maximum absolute atomic E-state index is 12.0. The molecule has 1 unspecified atom stereocenters. The number of carbonyl (C=O) groups is 1. The Bertz CT molecular complexity index is 471. The van der Waals surface area contributed by atoms with Crippen LogP contribution in [0.2, 0.25) is 0 Å². The van der Waals surface area contributed by atoms with Gasteiger partial charge in [-0.25, -0.2) is 4.98 Å². The highest BCUT2D eigenvalue weighted by molar-refractivity contribution is 5.90. The molecule has 3 heterocycles. The van der Waals surface area contributed by atoms with Gasteiger partial charge in [-0.15, -0.1) is 12.4 Å². The van der Waals surface area contributed by atoms with Gasteiger partial charge in [0.15, 0.2) is 0 Å². The average molecular weight is 327 g/mol. The third-order valence-corrected chi connectivity index (χ3v) is 3.92. The van der Waals surface area contributed by atoms with Crippen molar-refractivity contribution in [1.29, 1.82) is 0 Å². The second-order valence-corrected chi connectivity index (χ2v) is 5.57. The molecule has 2 N–H and O–H groups in total. The maximum atomic E-state index is 12.0. The summed E-state index contributed by atoms with van der Waals surface area (Å²) in [4.78, 5) is 18.6. The first kappa shape index (κ1) is 17.0. The largest absolute Gasteiger partial charge is 0.378 e. The molecule has 2 aliphatic rings. The number of pyridine rings is 1. The highest BCUT2D eigenvalue weighted by atomic mass is 35.5. The van der Waals surface area contributed by atoms with Gasteiger partial charge >= 0.3 is 0 Å². The average Bonchev–Trinajstić information content (AvgIpc) is 3.03. The van der Waals surface area contributed by atoms with Gasteiger partial charge in [-0.05, 0) is 25.0 Å². The number of hydrogen-bond acceptors (Lipinski definition) is 5. The van der Waals surface area contributed by atoms with Crippen molar-refractivity contribution >= 4 is 29.8 Å². The van der Waals surface area contributed by atoms with Gasteiger partial charge < -0.3 is 20.3 Å². The van der Waals surface area contributed by atoms with Crippen molar-refractivity contribution < 1.29 is 9.53 Å². The van der Waals surface area contributed by atoms with E-state index in [1.807, 2.05) is 18.3 Å². The van der Waals surface area contributed by atoms with Gasteiger partial charge in [0.2, 0.25) is 5.91 Å². The zero-order valence-electron chi connectivity index (χ0n) is 12.6. The lowest BCUT2D eigenvalue weighted by molar-refractivity contribution is -0.117. The minimum Gasteiger partial charge on any atom is -0.378 e. The van der Waals surface area contributed by atoms with Crippen molar-refractivity contribution in [2.45, 2.75) is 25.3 Å². The molecule has 1 aromatic rings. The van der Waals surface area contributed by atoms with E-state index < -0.39 is 0 Å². The molecular formula is C15H23ClN4O2. The number of morpholine rings is 1. The number of ether oxygens (including phenoxy) is 1. The van der Waals surface area contributed by atoms with Gasteiger partial charge in [0.1, 0.15) is 5.82 Å². The van der Waals surface area contributed by atoms with Crippen molar-refractivity contribution in [3.63, 3.8) is 0 Å². The van der Waals surface area contributed by atoms with Crippen LogP contribution in [0.15, 0.2) is 18.3 Å². The summed E-state index contributed by atoms with van der Waals surface area (Å²) in [5, 5.41) is 6.11. The zero-order valence-corrected chi connectivity index (χ0v) is 13.4. The summed E-state index contributed by atoms with van der Waals surface area (Å²) in [6, 6.07) is 3.99. The van der Waals surface area contributed by atoms with Crippen LogP contribution in [0.25, 0.3) is 0 Å². The molecule has 3 rings (SSSR count). The number of carbonyl (C=O) groups excluding carboxylic acids is 1. The standard InChI is InChI=1S/C15H22N4O2.ClH/c20-15(9-12-11-21-8-5-16-12)18-14-4-3-13(10-17-14)19-6-1-2-7-19;/h3-4,10,12,16H,1-2,5-9,11H2,(H,17,18,20);1H. The number of anilines is 2. The Balaban J connectivity index is 0.00000176. The summed E-state index contributed by atoms with van der Waals surface area (Å²) in [7, 11) is 0. The molecule has 1 atom stereocenters. The first-order valence-corrected chi connectivity index (χ1v) is 7.63. The molecule has 0 saturated carbocycles. The molecule has 22 heavy (non-hydrogen) atoms. The Morgan fingerprint density at radius 1 is 1.41 bits per heavy atom. The Morgan fingerprint density at radius 2 is 2.23 bits per heavy atom. The van der Waals surface area contributed by atoms with Crippen molar-refractivity contribution in [3.05, 3.63) is 18.3 Å². The van der Waals surface area contributed by atoms with E-state index >= 15 is 0 Å². The summed E-state index contributed by atoms with van der Waals surface area (Å²) in [6.07, 6.45) is 4.74. The summed E-state index contributed by atoms with van der Waals surface area (Å²) in [6.45, 7) is 4.31. The molecule has 7 heteroatoms. The van der Waals surface area contributed by atoms with Crippen molar-refractivity contribution in [2.75, 3.05) is 43.1 Å². The summed E-state index contributed by atoms with van der Waals surface area (Å²) in [5.41, 5.74) is 1.13. The van der Waals surface area contributed by atoms with Crippen LogP contribution in [0, 0.1) is 0 Å². The van der Waals surface area contributed by atoms with E-state index in [1.165, 1.54) is 12.8 Å². The highest BCUT2D eigenvalue weighted by Gasteiger charge is 2.17. The van der Waals surface area contributed by atoms with Crippen LogP contribution in [0.1, 0.15) is 19.3 Å². The van der Waals surface area contributed by atoms with Crippen LogP contribution in [0.3, 0.4) is 0 Å². The second-order valence-electron chi connectivity index (χ2n) is 5.57. The van der Waals surface area contributed by atoms with E-state index in [2.05, 4.69) is 20.5 Å². The minimum absolute atomic E-state index is 0. The van der Waals surface area contributed by atoms with Crippen LogP contribution in [-0.2, 0) is 9.53 Å². The lowest BCUT2D eigenvalue weighted by Gasteiger charge is -2.23. The SMILES string of the molecule is Cl.O=C(CC1COCCN1)Nc1ccc(N2CCCC2)cn1. The monoisotopic (exact) mass is 326 g/mol. The topological polar surface area (TPSA) is 66.5 Å². The second kappa shape index (κ2) is 8.31. The number of aromatic nitrogens is 1. The fourth-order valence-electron chi connectivity index (χ4n) is 2.79. The predicted octanol–water partition coefficient (Wildman–Crippen LogP) is 1.42. The maximum Gasteiger partial charge on any atom is 0.227 e. The number of nitrogens with one attached hydrogen (secondary N) is 2. The van der Waals surface area contributed by atoms with E-state index in [0.29, 0.717) is 18.8 Å². The molecule has 0 bridgehead atoms. The number of halogens is 1. The Morgan fingerprint density at radius 3 is 2.86 bits per heavy atom. The van der Waals surface area contributed by atoms with Gasteiger partial charge in [0.25, 0.3) is 0 Å². The molecule has 122 valence electrons. The van der Waals surface area contributed by atoms with Gasteiger partial charge in [-0.1, -0.05) is 0 Å². The summed E-state index contributed by atoms with van der Waals surface area (Å²) in [5.74, 6) is 0.582. The molecule has 0 radical (unpaired) electrons. The van der Waals surface area contributed by atoms with Crippen LogP contribution < -0.4 is 15.5 Å². The molecule has 0 aliphatic carbocycles. The summed E-state index contributed by atoms with van der Waals surface area (Å²) >= 11 is 0. The summed E-state index contributed by atoms with van der Waals surface area (Å²) < 4.78 is 5.34. The Labute approximate surface area is 137 Å². The smallest absolute Gasteiger partial charge is 0.227 e.